The molecule has 4 nitrogen and oxygen atoms in total. The van der Waals surface area contributed by atoms with Gasteiger partial charge in [-0.3, -0.25) is 0 Å². The van der Waals surface area contributed by atoms with Crippen LogP contribution < -0.4 is 14.4 Å². The fourth-order valence-corrected chi connectivity index (χ4v) is 1.43. The van der Waals surface area contributed by atoms with Crippen LogP contribution >= 0.6 is 0 Å². The van der Waals surface area contributed by atoms with Gasteiger partial charge >= 0.3 is 0 Å². The van der Waals surface area contributed by atoms with Crippen molar-refractivity contribution < 1.29 is 19.1 Å². The molecule has 0 radical (unpaired) electrons. The second-order valence-corrected chi connectivity index (χ2v) is 4.30. The molecule has 1 aromatic carbocycles. The van der Waals surface area contributed by atoms with Gasteiger partial charge in [-0.25, -0.2) is 0 Å². The lowest BCUT2D eigenvalue weighted by molar-refractivity contribution is -0.858. The zero-order chi connectivity index (χ0) is 13.2. The Morgan fingerprint density at radius 1 is 0.944 bits per heavy atom. The van der Waals surface area contributed by atoms with E-state index in [-0.39, 0.29) is 0 Å². The third-order valence-corrected chi connectivity index (χ3v) is 2.38. The van der Waals surface area contributed by atoms with E-state index in [0.717, 1.165) is 24.7 Å². The number of hydrogen-bond donors (Lipinski definition) is 1. The second-order valence-electron chi connectivity index (χ2n) is 4.30. The molecule has 0 bridgehead atoms. The molecule has 1 rings (SSSR count). The van der Waals surface area contributed by atoms with Gasteiger partial charge in [-0.05, 0) is 19.1 Å². The molecule has 0 heterocycles. The second kappa shape index (κ2) is 8.78. The summed E-state index contributed by atoms with van der Waals surface area (Å²) in [6.45, 7) is 5.53. The first-order valence-corrected chi connectivity index (χ1v) is 6.45. The van der Waals surface area contributed by atoms with E-state index < -0.39 is 0 Å². The van der Waals surface area contributed by atoms with Crippen molar-refractivity contribution in [1.82, 2.24) is 0 Å². The van der Waals surface area contributed by atoms with E-state index in [4.69, 9.17) is 14.2 Å². The van der Waals surface area contributed by atoms with Gasteiger partial charge in [-0.2, -0.15) is 0 Å². The number of para-hydroxylation sites is 2. The van der Waals surface area contributed by atoms with Crippen molar-refractivity contribution in [2.75, 3.05) is 47.1 Å². The van der Waals surface area contributed by atoms with Crippen LogP contribution in [0.25, 0.3) is 0 Å². The summed E-state index contributed by atoms with van der Waals surface area (Å²) >= 11 is 0. The zero-order valence-corrected chi connectivity index (χ0v) is 11.6. The number of ether oxygens (including phenoxy) is 3. The summed E-state index contributed by atoms with van der Waals surface area (Å²) in [5.41, 5.74) is 0. The summed E-state index contributed by atoms with van der Waals surface area (Å²) in [4.78, 5) is 1.39. The third-order valence-electron chi connectivity index (χ3n) is 2.38. The quantitative estimate of drug-likeness (QED) is 0.656. The van der Waals surface area contributed by atoms with Crippen LogP contribution in [-0.2, 0) is 4.74 Å². The van der Waals surface area contributed by atoms with Crippen LogP contribution in [0.15, 0.2) is 24.3 Å². The van der Waals surface area contributed by atoms with Crippen molar-refractivity contribution in [3.8, 4) is 11.5 Å². The Morgan fingerprint density at radius 3 is 2.22 bits per heavy atom. The van der Waals surface area contributed by atoms with Crippen molar-refractivity contribution in [2.24, 2.45) is 0 Å². The predicted octanol–water partition coefficient (Wildman–Crippen LogP) is 0.625. The van der Waals surface area contributed by atoms with Gasteiger partial charge in [0, 0.05) is 0 Å². The number of quaternary nitrogens is 1. The van der Waals surface area contributed by atoms with Crippen LogP contribution in [0, 0.1) is 0 Å². The van der Waals surface area contributed by atoms with Crippen LogP contribution in [0.5, 0.6) is 11.5 Å². The summed E-state index contributed by atoms with van der Waals surface area (Å²) < 4.78 is 16.6. The summed E-state index contributed by atoms with van der Waals surface area (Å²) in [6, 6.07) is 7.70. The molecule has 0 saturated carbocycles. The lowest BCUT2D eigenvalue weighted by Crippen LogP contribution is -3.06. The lowest BCUT2D eigenvalue weighted by atomic mass is 10.3. The van der Waals surface area contributed by atoms with Gasteiger partial charge in [0.25, 0.3) is 0 Å². The molecule has 0 aliphatic rings. The maximum Gasteiger partial charge on any atom is 0.161 e. The highest BCUT2D eigenvalue weighted by Gasteiger charge is 2.02. The Balaban J connectivity index is 2.22. The monoisotopic (exact) mass is 254 g/mol. The van der Waals surface area contributed by atoms with Crippen LogP contribution in [0.3, 0.4) is 0 Å². The van der Waals surface area contributed by atoms with Crippen LogP contribution in [0.1, 0.15) is 6.92 Å². The van der Waals surface area contributed by atoms with Gasteiger partial charge in [0.1, 0.15) is 13.2 Å². The smallest absolute Gasteiger partial charge is 0.161 e. The fourth-order valence-electron chi connectivity index (χ4n) is 1.43. The van der Waals surface area contributed by atoms with Gasteiger partial charge in [-0.15, -0.1) is 0 Å². The molecule has 0 spiro atoms. The Morgan fingerprint density at radius 2 is 1.61 bits per heavy atom. The van der Waals surface area contributed by atoms with Crippen LogP contribution in [0.4, 0.5) is 0 Å². The van der Waals surface area contributed by atoms with E-state index in [2.05, 4.69) is 14.1 Å². The van der Waals surface area contributed by atoms with E-state index in [1.54, 1.807) is 0 Å². The van der Waals surface area contributed by atoms with Gasteiger partial charge in [-0.1, -0.05) is 12.1 Å². The number of benzene rings is 1. The molecule has 4 heteroatoms. The van der Waals surface area contributed by atoms with Gasteiger partial charge in [0.05, 0.1) is 33.9 Å². The summed E-state index contributed by atoms with van der Waals surface area (Å²) in [5.74, 6) is 1.57. The van der Waals surface area contributed by atoms with E-state index in [1.807, 2.05) is 31.2 Å². The number of nitrogens with one attached hydrogen (secondary N) is 1. The highest BCUT2D eigenvalue weighted by atomic mass is 16.5. The molecular formula is C14H24NO3+. The van der Waals surface area contributed by atoms with Crippen molar-refractivity contribution in [2.45, 2.75) is 6.92 Å². The minimum Gasteiger partial charge on any atom is -0.490 e. The molecule has 0 amide bonds. The minimum absolute atomic E-state index is 0.548. The van der Waals surface area contributed by atoms with Crippen molar-refractivity contribution in [3.63, 3.8) is 0 Å². The normalized spacial score (nSPS) is 10.7. The molecule has 0 aliphatic heterocycles. The SMILES string of the molecule is CCOc1ccccc1OCCOCC[NH+](C)C. The summed E-state index contributed by atoms with van der Waals surface area (Å²) in [5, 5.41) is 0. The molecule has 0 unspecified atom stereocenters. The molecule has 102 valence electrons. The first kappa shape index (κ1) is 14.8. The average Bonchev–Trinajstić information content (AvgIpc) is 2.35. The molecule has 18 heavy (non-hydrogen) atoms. The topological polar surface area (TPSA) is 32.1 Å². The predicted molar refractivity (Wildman–Crippen MR) is 71.6 cm³/mol. The number of rotatable bonds is 9. The first-order valence-electron chi connectivity index (χ1n) is 6.45. The standard InChI is InChI=1S/C14H23NO3/c1-4-17-13-7-5-6-8-14(13)18-12-11-16-10-9-15(2)3/h5-8H,4,9-12H2,1-3H3/p+1. The van der Waals surface area contributed by atoms with E-state index in [0.29, 0.717) is 19.8 Å². The van der Waals surface area contributed by atoms with Gasteiger partial charge in [0.2, 0.25) is 0 Å². The molecule has 1 aromatic rings. The van der Waals surface area contributed by atoms with E-state index in [1.165, 1.54) is 4.90 Å². The summed E-state index contributed by atoms with van der Waals surface area (Å²) in [6.07, 6.45) is 0. The summed E-state index contributed by atoms with van der Waals surface area (Å²) in [7, 11) is 4.22. The van der Waals surface area contributed by atoms with Crippen LogP contribution in [-0.4, -0.2) is 47.1 Å². The molecule has 0 fully saturated rings. The maximum atomic E-state index is 5.64. The molecule has 0 saturated heterocycles. The Bertz CT molecular complexity index is 329. The molecule has 0 aromatic heterocycles. The number of likely N-dealkylation sites (N-methyl/N-ethyl adjacent to an activating group) is 1. The molecule has 0 atom stereocenters. The Kier molecular flexibility index (Phi) is 7.22. The molecule has 0 aliphatic carbocycles. The fraction of sp³-hybridized carbons (Fsp3) is 0.571. The van der Waals surface area contributed by atoms with Gasteiger partial charge < -0.3 is 19.1 Å². The van der Waals surface area contributed by atoms with E-state index in [9.17, 15) is 0 Å². The average molecular weight is 254 g/mol. The lowest BCUT2D eigenvalue weighted by Gasteiger charge is -2.12. The number of hydrogen-bond acceptors (Lipinski definition) is 3. The third kappa shape index (κ3) is 5.89. The maximum absolute atomic E-state index is 5.64. The molecular weight excluding hydrogens is 230 g/mol. The van der Waals surface area contributed by atoms with Crippen molar-refractivity contribution in [3.05, 3.63) is 24.3 Å². The van der Waals surface area contributed by atoms with Crippen molar-refractivity contribution >= 4 is 0 Å². The van der Waals surface area contributed by atoms with Gasteiger partial charge in [0.15, 0.2) is 11.5 Å². The Labute approximate surface area is 109 Å². The van der Waals surface area contributed by atoms with E-state index >= 15 is 0 Å². The minimum atomic E-state index is 0.548. The highest BCUT2D eigenvalue weighted by molar-refractivity contribution is 5.39. The van der Waals surface area contributed by atoms with Crippen LogP contribution in [0.2, 0.25) is 0 Å². The highest BCUT2D eigenvalue weighted by Crippen LogP contribution is 2.25. The first-order chi connectivity index (χ1) is 8.74. The molecule has 1 N–H and O–H groups in total. The van der Waals surface area contributed by atoms with Crippen molar-refractivity contribution in [1.29, 1.82) is 0 Å². The largest absolute Gasteiger partial charge is 0.490 e. The Hall–Kier alpha value is -1.26. The zero-order valence-electron chi connectivity index (χ0n) is 11.6.